The zero-order valence-corrected chi connectivity index (χ0v) is 19.3. The van der Waals surface area contributed by atoms with Crippen LogP contribution in [-0.2, 0) is 21.4 Å². The van der Waals surface area contributed by atoms with Gasteiger partial charge in [0.15, 0.2) is 5.78 Å². The van der Waals surface area contributed by atoms with E-state index >= 15 is 0 Å². The molecule has 32 heavy (non-hydrogen) atoms. The second-order valence-corrected chi connectivity index (χ2v) is 11.2. The van der Waals surface area contributed by atoms with Crippen LogP contribution in [0.25, 0.3) is 0 Å². The zero-order valence-electron chi connectivity index (χ0n) is 19.3. The highest BCUT2D eigenvalue weighted by molar-refractivity contribution is 5.91. The molecule has 3 aliphatic carbocycles. The summed E-state index contributed by atoms with van der Waals surface area (Å²) in [4.78, 5) is 28.3. The van der Waals surface area contributed by atoms with Crippen molar-refractivity contribution in [1.82, 2.24) is 10.2 Å². The number of phenols is 1. The van der Waals surface area contributed by atoms with Crippen molar-refractivity contribution in [1.29, 1.82) is 0 Å². The minimum absolute atomic E-state index is 0.00171. The van der Waals surface area contributed by atoms with Crippen molar-refractivity contribution < 1.29 is 19.8 Å². The summed E-state index contributed by atoms with van der Waals surface area (Å²) in [5, 5.41) is 25.6. The van der Waals surface area contributed by atoms with E-state index in [4.69, 9.17) is 0 Å². The van der Waals surface area contributed by atoms with Gasteiger partial charge in [-0.25, -0.2) is 0 Å². The second kappa shape index (κ2) is 7.84. The van der Waals surface area contributed by atoms with Gasteiger partial charge < -0.3 is 15.5 Å². The Morgan fingerprint density at radius 3 is 2.81 bits per heavy atom. The van der Waals surface area contributed by atoms with Crippen LogP contribution in [0, 0.1) is 11.8 Å². The van der Waals surface area contributed by atoms with Crippen LogP contribution in [0.1, 0.15) is 69.9 Å². The van der Waals surface area contributed by atoms with Crippen LogP contribution in [-0.4, -0.2) is 57.6 Å². The number of likely N-dealkylation sites (tertiary alicyclic amines) is 1. The maximum atomic E-state index is 13.3. The maximum Gasteiger partial charge on any atom is 0.220 e. The first-order valence-electron chi connectivity index (χ1n) is 12.3. The number of aromatic hydroxyl groups is 1. The molecule has 0 unspecified atom stereocenters. The van der Waals surface area contributed by atoms with E-state index in [9.17, 15) is 19.8 Å². The molecule has 174 valence electrons. The number of piperidine rings is 1. The summed E-state index contributed by atoms with van der Waals surface area (Å²) in [5.41, 5.74) is 0.260. The number of nitrogens with zero attached hydrogens (tertiary/aromatic N) is 1. The van der Waals surface area contributed by atoms with Gasteiger partial charge in [-0.3, -0.25) is 14.5 Å². The third kappa shape index (κ3) is 3.56. The summed E-state index contributed by atoms with van der Waals surface area (Å²) in [6, 6.07) is 4.72. The summed E-state index contributed by atoms with van der Waals surface area (Å²) in [6.45, 7) is 6.01. The van der Waals surface area contributed by atoms with E-state index in [0.717, 1.165) is 30.6 Å². The number of benzene rings is 1. The Morgan fingerprint density at radius 1 is 1.31 bits per heavy atom. The molecule has 1 amide bonds. The number of carbonyl (C=O) groups is 2. The molecule has 1 aromatic carbocycles. The number of amides is 1. The summed E-state index contributed by atoms with van der Waals surface area (Å²) < 4.78 is 0. The number of rotatable bonds is 6. The van der Waals surface area contributed by atoms with Gasteiger partial charge in [-0.05, 0) is 73.7 Å². The highest BCUT2D eigenvalue weighted by Crippen LogP contribution is 2.58. The van der Waals surface area contributed by atoms with Crippen LogP contribution < -0.4 is 5.32 Å². The lowest BCUT2D eigenvalue weighted by atomic mass is 9.48. The molecule has 3 fully saturated rings. The lowest BCUT2D eigenvalue weighted by Crippen LogP contribution is -2.76. The van der Waals surface area contributed by atoms with Crippen molar-refractivity contribution in [2.45, 2.75) is 88.3 Å². The predicted octanol–water partition coefficient (Wildman–Crippen LogP) is 2.69. The Hall–Kier alpha value is -1.92. The van der Waals surface area contributed by atoms with Crippen molar-refractivity contribution >= 4 is 11.7 Å². The zero-order chi connectivity index (χ0) is 22.7. The van der Waals surface area contributed by atoms with Crippen LogP contribution >= 0.6 is 0 Å². The summed E-state index contributed by atoms with van der Waals surface area (Å²) >= 11 is 0. The van der Waals surface area contributed by atoms with Crippen molar-refractivity contribution in [3.05, 3.63) is 29.3 Å². The predicted molar refractivity (Wildman–Crippen MR) is 121 cm³/mol. The second-order valence-electron chi connectivity index (χ2n) is 11.2. The third-order valence-corrected chi connectivity index (χ3v) is 8.52. The van der Waals surface area contributed by atoms with Crippen molar-refractivity contribution in [3.8, 4) is 5.75 Å². The molecule has 3 N–H and O–H groups in total. The average Bonchev–Trinajstić information content (AvgIpc) is 3.54. The van der Waals surface area contributed by atoms with Gasteiger partial charge in [0.25, 0.3) is 0 Å². The van der Waals surface area contributed by atoms with Gasteiger partial charge in [0.1, 0.15) is 5.75 Å². The van der Waals surface area contributed by atoms with E-state index in [1.807, 2.05) is 6.07 Å². The van der Waals surface area contributed by atoms with Gasteiger partial charge in [-0.2, -0.15) is 0 Å². The quantitative estimate of drug-likeness (QED) is 0.633. The number of phenolic OH excluding ortho intramolecular Hbond substituents is 1. The smallest absolute Gasteiger partial charge is 0.220 e. The Kier molecular flexibility index (Phi) is 5.37. The van der Waals surface area contributed by atoms with Crippen LogP contribution in [0.15, 0.2) is 18.2 Å². The van der Waals surface area contributed by atoms with Gasteiger partial charge >= 0.3 is 0 Å². The Bertz CT molecular complexity index is 926. The third-order valence-electron chi connectivity index (χ3n) is 8.52. The standard InChI is InChI=1S/C26H36N2O4/c1-16(2)3-8-24(31)27-21-13-26(32)23-11-18-6-7-19(29)12-20(18)25(26,14-22(21)30)9-10-28(23)15-17-4-5-17/h6-7,12,16-17,21,23,29,32H,3-5,8-11,13-15H2,1-2H3,(H,27,31)/t21-,23+,25+,26+/m0/s1. The van der Waals surface area contributed by atoms with Crippen LogP contribution in [0.3, 0.4) is 0 Å². The minimum atomic E-state index is -1.11. The summed E-state index contributed by atoms with van der Waals surface area (Å²) in [5.74, 6) is 1.21. The van der Waals surface area contributed by atoms with Gasteiger partial charge in [0.05, 0.1) is 11.6 Å². The average molecular weight is 441 g/mol. The number of aliphatic hydroxyl groups is 1. The fraction of sp³-hybridized carbons (Fsp3) is 0.692. The first-order chi connectivity index (χ1) is 15.2. The van der Waals surface area contributed by atoms with E-state index in [2.05, 4.69) is 24.1 Å². The van der Waals surface area contributed by atoms with Crippen LogP contribution in [0.2, 0.25) is 0 Å². The summed E-state index contributed by atoms with van der Waals surface area (Å²) in [7, 11) is 0. The molecule has 1 aromatic rings. The topological polar surface area (TPSA) is 89.9 Å². The Balaban J connectivity index is 1.48. The van der Waals surface area contributed by atoms with E-state index in [1.54, 1.807) is 12.1 Å². The molecular formula is C26H36N2O4. The Morgan fingerprint density at radius 2 is 2.09 bits per heavy atom. The van der Waals surface area contributed by atoms with Crippen LogP contribution in [0.5, 0.6) is 5.75 Å². The van der Waals surface area contributed by atoms with E-state index in [1.165, 1.54) is 12.8 Å². The molecule has 4 aliphatic rings. The number of hydrogen-bond donors (Lipinski definition) is 3. The van der Waals surface area contributed by atoms with Crippen molar-refractivity contribution in [2.24, 2.45) is 11.8 Å². The molecule has 1 aliphatic heterocycles. The Labute approximate surface area is 190 Å². The lowest BCUT2D eigenvalue weighted by molar-refractivity contribution is -0.178. The molecule has 2 bridgehead atoms. The van der Waals surface area contributed by atoms with E-state index in [0.29, 0.717) is 31.1 Å². The number of fused-ring (bicyclic) bond motifs is 1. The molecule has 4 atom stereocenters. The first kappa shape index (κ1) is 21.9. The largest absolute Gasteiger partial charge is 0.508 e. The molecule has 6 nitrogen and oxygen atoms in total. The van der Waals surface area contributed by atoms with Gasteiger partial charge in [0, 0.05) is 37.3 Å². The van der Waals surface area contributed by atoms with Crippen LogP contribution in [0.4, 0.5) is 0 Å². The summed E-state index contributed by atoms with van der Waals surface area (Å²) in [6.07, 6.45) is 5.56. The number of Topliss-reactive ketones (excluding diaryl/α,β-unsaturated/α-hetero) is 1. The monoisotopic (exact) mass is 440 g/mol. The molecule has 1 saturated heterocycles. The number of nitrogens with one attached hydrogen (secondary N) is 1. The fourth-order valence-corrected chi connectivity index (χ4v) is 6.57. The fourth-order valence-electron chi connectivity index (χ4n) is 6.57. The molecular weight excluding hydrogens is 404 g/mol. The molecule has 1 heterocycles. The van der Waals surface area contributed by atoms with Gasteiger partial charge in [-0.15, -0.1) is 0 Å². The highest BCUT2D eigenvalue weighted by atomic mass is 16.3. The SMILES string of the molecule is CC(C)CCC(=O)N[C@H]1C[C@@]2(O)[C@H]3Cc4ccc(O)cc4[C@@]2(CCN3CC2CC2)CC1=O. The lowest BCUT2D eigenvalue weighted by Gasteiger charge is -2.64. The number of hydrogen-bond acceptors (Lipinski definition) is 5. The molecule has 6 heteroatoms. The van der Waals surface area contributed by atoms with E-state index in [-0.39, 0.29) is 36.3 Å². The van der Waals surface area contributed by atoms with Gasteiger partial charge in [0.2, 0.25) is 5.91 Å². The molecule has 0 aromatic heterocycles. The molecule has 0 spiro atoms. The molecule has 2 saturated carbocycles. The van der Waals surface area contributed by atoms with Crippen molar-refractivity contribution in [3.63, 3.8) is 0 Å². The minimum Gasteiger partial charge on any atom is -0.508 e. The number of carbonyl (C=O) groups excluding carboxylic acids is 2. The molecule has 0 radical (unpaired) electrons. The highest BCUT2D eigenvalue weighted by Gasteiger charge is 2.66. The van der Waals surface area contributed by atoms with Gasteiger partial charge in [-0.1, -0.05) is 19.9 Å². The normalized spacial score (nSPS) is 34.2. The number of ketones is 1. The maximum absolute atomic E-state index is 13.3. The van der Waals surface area contributed by atoms with E-state index < -0.39 is 17.1 Å². The molecule has 5 rings (SSSR count). The first-order valence-corrected chi connectivity index (χ1v) is 12.3. The van der Waals surface area contributed by atoms with Crippen molar-refractivity contribution in [2.75, 3.05) is 13.1 Å².